The van der Waals surface area contributed by atoms with Crippen LogP contribution in [0.4, 0.5) is 0 Å². The van der Waals surface area contributed by atoms with E-state index in [2.05, 4.69) is 15.4 Å². The van der Waals surface area contributed by atoms with Crippen LogP contribution in [0.15, 0.2) is 30.3 Å². The summed E-state index contributed by atoms with van der Waals surface area (Å²) in [5, 5.41) is 22.0. The van der Waals surface area contributed by atoms with Gasteiger partial charge in [0, 0.05) is 5.56 Å². The highest BCUT2D eigenvalue weighted by Crippen LogP contribution is 2.12. The maximum absolute atomic E-state index is 10.6. The molecule has 1 aromatic carbocycles. The molecule has 6 nitrogen and oxygen atoms in total. The third-order valence-electron chi connectivity index (χ3n) is 2.15. The molecule has 0 saturated heterocycles. The molecule has 0 aliphatic carbocycles. The number of hydrogen-bond acceptors (Lipinski definition) is 5. The Hall–Kier alpha value is -2.24. The van der Waals surface area contributed by atoms with Crippen LogP contribution in [0.1, 0.15) is 13.0 Å². The van der Waals surface area contributed by atoms with E-state index in [0.29, 0.717) is 5.82 Å². The summed E-state index contributed by atoms with van der Waals surface area (Å²) in [6.45, 7) is 1.44. The minimum Gasteiger partial charge on any atom is -0.548 e. The molecule has 0 fully saturated rings. The molecule has 2 aromatic rings. The van der Waals surface area contributed by atoms with Gasteiger partial charge < -0.3 is 9.90 Å². The Labute approximate surface area is 91.5 Å². The second-order valence-corrected chi connectivity index (χ2v) is 3.29. The van der Waals surface area contributed by atoms with E-state index in [1.165, 1.54) is 6.92 Å². The van der Waals surface area contributed by atoms with Crippen molar-refractivity contribution in [1.29, 1.82) is 0 Å². The van der Waals surface area contributed by atoms with Crippen molar-refractivity contribution in [3.63, 3.8) is 0 Å². The number of rotatable bonds is 3. The van der Waals surface area contributed by atoms with E-state index in [1.807, 2.05) is 30.3 Å². The number of aromatic nitrogens is 4. The Morgan fingerprint density at radius 1 is 1.38 bits per heavy atom. The molecule has 1 heterocycles. The van der Waals surface area contributed by atoms with E-state index >= 15 is 0 Å². The molecule has 0 bridgehead atoms. The van der Waals surface area contributed by atoms with E-state index in [-0.39, 0.29) is 0 Å². The molecule has 0 aliphatic heterocycles. The number of benzene rings is 1. The summed E-state index contributed by atoms with van der Waals surface area (Å²) in [5.41, 5.74) is 0.791. The van der Waals surface area contributed by atoms with Crippen LogP contribution >= 0.6 is 0 Å². The predicted molar refractivity (Wildman–Crippen MR) is 53.0 cm³/mol. The lowest BCUT2D eigenvalue weighted by Gasteiger charge is -2.09. The lowest BCUT2D eigenvalue weighted by atomic mass is 10.2. The van der Waals surface area contributed by atoms with Crippen LogP contribution in [0, 0.1) is 0 Å². The highest BCUT2D eigenvalue weighted by Gasteiger charge is 2.11. The van der Waals surface area contributed by atoms with Crippen LogP contribution in [-0.2, 0) is 4.79 Å². The molecule has 82 valence electrons. The molecule has 0 saturated carbocycles. The van der Waals surface area contributed by atoms with Gasteiger partial charge in [-0.2, -0.15) is 4.80 Å². The Morgan fingerprint density at radius 3 is 2.69 bits per heavy atom. The van der Waals surface area contributed by atoms with Crippen molar-refractivity contribution in [3.05, 3.63) is 30.3 Å². The fourth-order valence-electron chi connectivity index (χ4n) is 1.19. The first kappa shape index (κ1) is 10.3. The molecule has 0 amide bonds. The zero-order valence-corrected chi connectivity index (χ0v) is 8.57. The number of carbonyl (C=O) groups excluding carboxylic acids is 1. The highest BCUT2D eigenvalue weighted by molar-refractivity contribution is 5.68. The van der Waals surface area contributed by atoms with Crippen molar-refractivity contribution in [2.45, 2.75) is 13.0 Å². The van der Waals surface area contributed by atoms with Crippen molar-refractivity contribution in [3.8, 4) is 11.4 Å². The molecule has 0 N–H and O–H groups in total. The largest absolute Gasteiger partial charge is 0.548 e. The molecule has 2 rings (SSSR count). The summed E-state index contributed by atoms with van der Waals surface area (Å²) in [4.78, 5) is 11.6. The van der Waals surface area contributed by atoms with Crippen LogP contribution in [0.5, 0.6) is 0 Å². The number of nitrogens with zero attached hydrogens (tertiary/aromatic N) is 4. The smallest absolute Gasteiger partial charge is 0.204 e. The maximum Gasteiger partial charge on any atom is 0.204 e. The fourth-order valence-corrected chi connectivity index (χ4v) is 1.19. The van der Waals surface area contributed by atoms with Crippen LogP contribution in [0.3, 0.4) is 0 Å². The zero-order chi connectivity index (χ0) is 11.5. The Kier molecular flexibility index (Phi) is 2.63. The molecule has 1 aromatic heterocycles. The second-order valence-electron chi connectivity index (χ2n) is 3.29. The van der Waals surface area contributed by atoms with Gasteiger partial charge in [0.15, 0.2) is 0 Å². The molecule has 6 heteroatoms. The van der Waals surface area contributed by atoms with Gasteiger partial charge in [0.2, 0.25) is 5.82 Å². The summed E-state index contributed by atoms with van der Waals surface area (Å²) in [5.74, 6) is -0.842. The normalized spacial score (nSPS) is 12.3. The van der Waals surface area contributed by atoms with Crippen LogP contribution in [0.2, 0.25) is 0 Å². The summed E-state index contributed by atoms with van der Waals surface area (Å²) in [7, 11) is 0. The Bertz CT molecular complexity index is 495. The van der Waals surface area contributed by atoms with E-state index < -0.39 is 12.0 Å². The second kappa shape index (κ2) is 4.09. The van der Waals surface area contributed by atoms with Crippen molar-refractivity contribution in [1.82, 2.24) is 20.2 Å². The van der Waals surface area contributed by atoms with Gasteiger partial charge >= 0.3 is 0 Å². The minimum absolute atomic E-state index is 0.397. The first-order valence-corrected chi connectivity index (χ1v) is 4.74. The summed E-state index contributed by atoms with van der Waals surface area (Å²) in [6, 6.07) is 8.29. The number of carbonyl (C=O) groups is 1. The van der Waals surface area contributed by atoms with E-state index in [4.69, 9.17) is 0 Å². The predicted octanol–water partition coefficient (Wildman–Crippen LogP) is -0.349. The Balaban J connectivity index is 2.30. The van der Waals surface area contributed by atoms with Gasteiger partial charge in [0.05, 0.1) is 5.97 Å². The zero-order valence-electron chi connectivity index (χ0n) is 8.57. The number of carboxylic acids is 1. The monoisotopic (exact) mass is 217 g/mol. The van der Waals surface area contributed by atoms with Crippen molar-refractivity contribution in [2.24, 2.45) is 0 Å². The van der Waals surface area contributed by atoms with E-state index in [0.717, 1.165) is 10.4 Å². The molecule has 16 heavy (non-hydrogen) atoms. The van der Waals surface area contributed by atoms with Crippen molar-refractivity contribution >= 4 is 5.97 Å². The Morgan fingerprint density at radius 2 is 2.06 bits per heavy atom. The molecule has 0 aliphatic rings. The van der Waals surface area contributed by atoms with Crippen LogP contribution in [0.25, 0.3) is 11.4 Å². The first-order valence-electron chi connectivity index (χ1n) is 4.74. The molecular formula is C10H9N4O2-. The molecule has 0 spiro atoms. The number of hydrogen-bond donors (Lipinski definition) is 0. The van der Waals surface area contributed by atoms with Crippen molar-refractivity contribution < 1.29 is 9.90 Å². The van der Waals surface area contributed by atoms with E-state index in [1.54, 1.807) is 0 Å². The highest BCUT2D eigenvalue weighted by atomic mass is 16.4. The molecule has 0 radical (unpaired) electrons. The van der Waals surface area contributed by atoms with Gasteiger partial charge in [-0.05, 0) is 12.1 Å². The first-order chi connectivity index (χ1) is 7.68. The minimum atomic E-state index is -1.24. The summed E-state index contributed by atoms with van der Waals surface area (Å²) < 4.78 is 0. The number of tetrazole rings is 1. The summed E-state index contributed by atoms with van der Waals surface area (Å²) in [6.07, 6.45) is 0. The van der Waals surface area contributed by atoms with E-state index in [9.17, 15) is 9.90 Å². The fraction of sp³-hybridized carbons (Fsp3) is 0.200. The van der Waals surface area contributed by atoms with Gasteiger partial charge in [-0.15, -0.1) is 10.2 Å². The van der Waals surface area contributed by atoms with Crippen LogP contribution in [-0.4, -0.2) is 26.2 Å². The lowest BCUT2D eigenvalue weighted by molar-refractivity contribution is -0.310. The maximum atomic E-state index is 10.6. The van der Waals surface area contributed by atoms with Gasteiger partial charge in [-0.3, -0.25) is 0 Å². The van der Waals surface area contributed by atoms with Gasteiger partial charge in [0.1, 0.15) is 6.04 Å². The SMILES string of the molecule is C[C@H](C(=O)[O-])n1nnc(-c2ccccc2)n1. The molecular weight excluding hydrogens is 208 g/mol. The average Bonchev–Trinajstić information content (AvgIpc) is 2.78. The third kappa shape index (κ3) is 1.90. The molecule has 1 atom stereocenters. The third-order valence-corrected chi connectivity index (χ3v) is 2.15. The van der Waals surface area contributed by atoms with Crippen molar-refractivity contribution in [2.75, 3.05) is 0 Å². The molecule has 0 unspecified atom stereocenters. The number of carboxylic acid groups (broad SMARTS) is 1. The lowest BCUT2D eigenvalue weighted by Crippen LogP contribution is -2.32. The average molecular weight is 217 g/mol. The quantitative estimate of drug-likeness (QED) is 0.701. The summed E-state index contributed by atoms with van der Waals surface area (Å²) >= 11 is 0. The topological polar surface area (TPSA) is 83.7 Å². The van der Waals surface area contributed by atoms with Gasteiger partial charge in [-0.1, -0.05) is 30.3 Å². The standard InChI is InChI=1S/C10H10N4O2/c1-7(10(15)16)14-12-9(11-13-14)8-5-3-2-4-6-8/h2-7H,1H3,(H,15,16)/p-1/t7-/m1/s1. The van der Waals surface area contributed by atoms with Gasteiger partial charge in [-0.25, -0.2) is 0 Å². The van der Waals surface area contributed by atoms with Crippen LogP contribution < -0.4 is 5.11 Å². The number of aliphatic carboxylic acids is 1. The van der Waals surface area contributed by atoms with Gasteiger partial charge in [0.25, 0.3) is 0 Å².